The number of hydrogen-bond acceptors (Lipinski definition) is 5. The molecule has 0 N–H and O–H groups in total. The van der Waals surface area contributed by atoms with Gasteiger partial charge in [0.1, 0.15) is 5.75 Å². The molecule has 1 heterocycles. The van der Waals surface area contributed by atoms with E-state index in [1.165, 1.54) is 5.01 Å². The van der Waals surface area contributed by atoms with Crippen molar-refractivity contribution in [1.82, 2.24) is 5.01 Å². The number of methoxy groups -OCH3 is 1. The van der Waals surface area contributed by atoms with Crippen molar-refractivity contribution in [3.8, 4) is 5.75 Å². The number of hydrogen-bond donors (Lipinski definition) is 0. The van der Waals surface area contributed by atoms with Crippen molar-refractivity contribution < 1.29 is 19.1 Å². The van der Waals surface area contributed by atoms with E-state index in [9.17, 15) is 9.59 Å². The number of fused-ring (bicyclic) bond motifs is 1. The van der Waals surface area contributed by atoms with Crippen molar-refractivity contribution in [2.45, 2.75) is 18.9 Å². The molecule has 1 aliphatic heterocycles. The standard InChI is InChI=1S/C30H24Cl2N2O4/c1-37-23-13-11-20(12-14-23)28-17-27(22-10-9-19-5-2-3-6-21(19)15-22)33-34(28)29(35)18-38-30(36)16-24-25(31)7-4-8-26(24)32/h2-15,28H,16-18H2,1H3. The van der Waals surface area contributed by atoms with E-state index >= 15 is 0 Å². The first kappa shape index (κ1) is 25.8. The van der Waals surface area contributed by atoms with Crippen LogP contribution in [-0.2, 0) is 20.7 Å². The van der Waals surface area contributed by atoms with E-state index in [4.69, 9.17) is 37.8 Å². The molecule has 0 aliphatic carbocycles. The molecule has 6 nitrogen and oxygen atoms in total. The molecule has 0 saturated heterocycles. The molecule has 192 valence electrons. The number of esters is 1. The maximum Gasteiger partial charge on any atom is 0.310 e. The maximum absolute atomic E-state index is 13.3. The molecule has 0 aromatic heterocycles. The van der Waals surface area contributed by atoms with Crippen molar-refractivity contribution in [3.63, 3.8) is 0 Å². The molecule has 8 heteroatoms. The third-order valence-electron chi connectivity index (χ3n) is 6.49. The van der Waals surface area contributed by atoms with Crippen LogP contribution in [0, 0.1) is 0 Å². The molecule has 0 spiro atoms. The molecular formula is C30H24Cl2N2O4. The predicted molar refractivity (Wildman–Crippen MR) is 149 cm³/mol. The number of ether oxygens (including phenoxy) is 2. The second-order valence-electron chi connectivity index (χ2n) is 8.88. The van der Waals surface area contributed by atoms with Crippen molar-refractivity contribution >= 4 is 51.6 Å². The van der Waals surface area contributed by atoms with Gasteiger partial charge in [0.15, 0.2) is 6.61 Å². The van der Waals surface area contributed by atoms with Gasteiger partial charge in [-0.15, -0.1) is 0 Å². The number of carbonyl (C=O) groups excluding carboxylic acids is 2. The van der Waals surface area contributed by atoms with E-state index in [0.29, 0.717) is 27.8 Å². The van der Waals surface area contributed by atoms with Crippen molar-refractivity contribution in [2.24, 2.45) is 5.10 Å². The molecule has 0 radical (unpaired) electrons. The second-order valence-corrected chi connectivity index (χ2v) is 9.69. The van der Waals surface area contributed by atoms with Gasteiger partial charge < -0.3 is 9.47 Å². The Morgan fingerprint density at radius 3 is 2.34 bits per heavy atom. The average Bonchev–Trinajstić information content (AvgIpc) is 3.39. The SMILES string of the molecule is COc1ccc(C2CC(c3ccc4ccccc4c3)=NN2C(=O)COC(=O)Cc2c(Cl)cccc2Cl)cc1. The summed E-state index contributed by atoms with van der Waals surface area (Å²) in [6, 6.07) is 26.4. The monoisotopic (exact) mass is 546 g/mol. The van der Waals surface area contributed by atoms with Gasteiger partial charge in [0, 0.05) is 22.0 Å². The summed E-state index contributed by atoms with van der Waals surface area (Å²) in [6.07, 6.45) is 0.374. The van der Waals surface area contributed by atoms with E-state index < -0.39 is 18.5 Å². The van der Waals surface area contributed by atoms with Gasteiger partial charge in [-0.2, -0.15) is 5.10 Å². The van der Waals surface area contributed by atoms with Crippen molar-refractivity contribution in [2.75, 3.05) is 13.7 Å². The van der Waals surface area contributed by atoms with E-state index in [2.05, 4.69) is 12.1 Å². The topological polar surface area (TPSA) is 68.2 Å². The summed E-state index contributed by atoms with van der Waals surface area (Å²) >= 11 is 12.3. The summed E-state index contributed by atoms with van der Waals surface area (Å²) in [5, 5.41) is 9.04. The maximum atomic E-state index is 13.3. The minimum Gasteiger partial charge on any atom is -0.497 e. The quantitative estimate of drug-likeness (QED) is 0.244. The van der Waals surface area contributed by atoms with Gasteiger partial charge in [-0.25, -0.2) is 5.01 Å². The molecule has 1 aliphatic rings. The third kappa shape index (κ3) is 5.52. The summed E-state index contributed by atoms with van der Waals surface area (Å²) in [5.41, 5.74) is 3.07. The molecular weight excluding hydrogens is 523 g/mol. The summed E-state index contributed by atoms with van der Waals surface area (Å²) < 4.78 is 10.6. The number of halogens is 2. The number of hydrazone groups is 1. The number of carbonyl (C=O) groups is 2. The first-order valence-corrected chi connectivity index (χ1v) is 12.8. The molecule has 4 aromatic carbocycles. The van der Waals surface area contributed by atoms with Gasteiger partial charge in [0.05, 0.1) is 25.3 Å². The zero-order chi connectivity index (χ0) is 26.6. The molecule has 0 saturated carbocycles. The third-order valence-corrected chi connectivity index (χ3v) is 7.20. The minimum atomic E-state index is -0.604. The smallest absolute Gasteiger partial charge is 0.310 e. The van der Waals surface area contributed by atoms with E-state index in [1.807, 2.05) is 54.6 Å². The molecule has 1 atom stereocenters. The number of rotatable bonds is 7. The largest absolute Gasteiger partial charge is 0.497 e. The van der Waals surface area contributed by atoms with Gasteiger partial charge >= 0.3 is 5.97 Å². The normalized spacial score (nSPS) is 14.9. The Labute approximate surface area is 230 Å². The van der Waals surface area contributed by atoms with Gasteiger partial charge in [-0.1, -0.05) is 77.8 Å². The van der Waals surface area contributed by atoms with Crippen molar-refractivity contribution in [1.29, 1.82) is 0 Å². The molecule has 4 aromatic rings. The van der Waals surface area contributed by atoms with Crippen LogP contribution in [0.2, 0.25) is 10.0 Å². The summed E-state index contributed by atoms with van der Waals surface area (Å²) in [5.74, 6) is -0.319. The van der Waals surface area contributed by atoms with E-state index in [1.54, 1.807) is 25.3 Å². The van der Waals surface area contributed by atoms with Gasteiger partial charge in [0.25, 0.3) is 5.91 Å². The fraction of sp³-hybridized carbons (Fsp3) is 0.167. The number of benzene rings is 4. The first-order chi connectivity index (χ1) is 18.4. The lowest BCUT2D eigenvalue weighted by molar-refractivity contribution is -0.152. The van der Waals surface area contributed by atoms with Gasteiger partial charge in [0.2, 0.25) is 0 Å². The van der Waals surface area contributed by atoms with Crippen LogP contribution in [0.5, 0.6) is 5.75 Å². The lowest BCUT2D eigenvalue weighted by Gasteiger charge is -2.22. The van der Waals surface area contributed by atoms with Crippen LogP contribution in [-0.4, -0.2) is 36.3 Å². The Morgan fingerprint density at radius 2 is 1.63 bits per heavy atom. The number of nitrogens with zero attached hydrogens (tertiary/aromatic N) is 2. The highest BCUT2D eigenvalue weighted by atomic mass is 35.5. The minimum absolute atomic E-state index is 0.140. The van der Waals surface area contributed by atoms with Crippen LogP contribution in [0.3, 0.4) is 0 Å². The first-order valence-electron chi connectivity index (χ1n) is 12.0. The van der Waals surface area contributed by atoms with Gasteiger partial charge in [-0.05, 0) is 52.2 Å². The summed E-state index contributed by atoms with van der Waals surface area (Å²) in [6.45, 7) is -0.456. The second kappa shape index (κ2) is 11.3. The number of amides is 1. The molecule has 1 amide bonds. The fourth-order valence-corrected chi connectivity index (χ4v) is 5.01. The van der Waals surface area contributed by atoms with Crippen molar-refractivity contribution in [3.05, 3.63) is 112 Å². The molecule has 5 rings (SSSR count). The van der Waals surface area contributed by atoms with Crippen LogP contribution in [0.25, 0.3) is 10.8 Å². The molecule has 38 heavy (non-hydrogen) atoms. The van der Waals surface area contributed by atoms with Crippen LogP contribution >= 0.6 is 23.2 Å². The lowest BCUT2D eigenvalue weighted by Crippen LogP contribution is -2.31. The summed E-state index contributed by atoms with van der Waals surface area (Å²) in [7, 11) is 1.60. The Kier molecular flexibility index (Phi) is 7.63. The Balaban J connectivity index is 1.37. The average molecular weight is 547 g/mol. The van der Waals surface area contributed by atoms with E-state index in [-0.39, 0.29) is 12.5 Å². The van der Waals surface area contributed by atoms with Crippen LogP contribution in [0.4, 0.5) is 0 Å². The zero-order valence-corrected chi connectivity index (χ0v) is 22.1. The van der Waals surface area contributed by atoms with Crippen LogP contribution in [0.15, 0.2) is 90.0 Å². The lowest BCUT2D eigenvalue weighted by atomic mass is 9.97. The Hall–Kier alpha value is -3.87. The van der Waals surface area contributed by atoms with Crippen LogP contribution in [0.1, 0.15) is 29.2 Å². The Bertz CT molecular complexity index is 1520. The highest BCUT2D eigenvalue weighted by Gasteiger charge is 2.33. The fourth-order valence-electron chi connectivity index (χ4n) is 4.47. The highest BCUT2D eigenvalue weighted by Crippen LogP contribution is 2.34. The Morgan fingerprint density at radius 1 is 0.921 bits per heavy atom. The highest BCUT2D eigenvalue weighted by molar-refractivity contribution is 6.36. The molecule has 0 fully saturated rings. The molecule has 1 unspecified atom stereocenters. The summed E-state index contributed by atoms with van der Waals surface area (Å²) in [4.78, 5) is 25.8. The molecule has 0 bridgehead atoms. The predicted octanol–water partition coefficient (Wildman–Crippen LogP) is 6.62. The zero-order valence-electron chi connectivity index (χ0n) is 20.6. The van der Waals surface area contributed by atoms with E-state index in [0.717, 1.165) is 27.6 Å². The van der Waals surface area contributed by atoms with Gasteiger partial charge in [-0.3, -0.25) is 9.59 Å². The van der Waals surface area contributed by atoms with Crippen LogP contribution < -0.4 is 4.74 Å².